The molecule has 2 atom stereocenters. The molecule has 2 aliphatic heterocycles. The molecular formula is C14H17ClN2O2. The van der Waals surface area contributed by atoms with Gasteiger partial charge in [0.05, 0.1) is 6.61 Å². The largest absolute Gasteiger partial charge is 0.450 e. The van der Waals surface area contributed by atoms with Crippen LogP contribution in [0.2, 0.25) is 5.02 Å². The van der Waals surface area contributed by atoms with Crippen molar-refractivity contribution in [1.82, 2.24) is 4.90 Å². The summed E-state index contributed by atoms with van der Waals surface area (Å²) in [5.74, 6) is 0.312. The standard InChI is InChI=1S/C14H17ClN2O2/c1-2-19-14(18)17-6-5-13-11(8-17)10-7-9(15)3-4-12(10)16-13/h3-4,7,11,13,16H,2,5-6,8H2,1H3/t11-,13+/m0/s1. The molecule has 1 aromatic rings. The number of fused-ring (bicyclic) bond motifs is 3. The van der Waals surface area contributed by atoms with Crippen molar-refractivity contribution in [3.8, 4) is 0 Å². The zero-order valence-corrected chi connectivity index (χ0v) is 11.6. The predicted octanol–water partition coefficient (Wildman–Crippen LogP) is 3.08. The molecule has 4 nitrogen and oxygen atoms in total. The minimum Gasteiger partial charge on any atom is -0.450 e. The second kappa shape index (κ2) is 4.93. The number of halogens is 1. The Bertz CT molecular complexity index is 506. The molecule has 5 heteroatoms. The molecule has 2 aliphatic rings. The molecule has 1 aromatic carbocycles. The first-order valence-corrected chi connectivity index (χ1v) is 7.04. The molecule has 1 N–H and O–H groups in total. The van der Waals surface area contributed by atoms with Gasteiger partial charge in [-0.05, 0) is 37.1 Å². The van der Waals surface area contributed by atoms with Crippen molar-refractivity contribution in [2.75, 3.05) is 25.0 Å². The number of nitrogens with one attached hydrogen (secondary N) is 1. The molecule has 3 rings (SSSR count). The minimum atomic E-state index is -0.212. The summed E-state index contributed by atoms with van der Waals surface area (Å²) in [5.41, 5.74) is 2.36. The van der Waals surface area contributed by atoms with Crippen LogP contribution < -0.4 is 5.32 Å². The van der Waals surface area contributed by atoms with Crippen molar-refractivity contribution in [2.24, 2.45) is 0 Å². The highest BCUT2D eigenvalue weighted by atomic mass is 35.5. The van der Waals surface area contributed by atoms with Crippen molar-refractivity contribution in [1.29, 1.82) is 0 Å². The van der Waals surface area contributed by atoms with Crippen molar-refractivity contribution in [2.45, 2.75) is 25.3 Å². The average Bonchev–Trinajstić information content (AvgIpc) is 2.76. The van der Waals surface area contributed by atoms with E-state index in [0.29, 0.717) is 25.1 Å². The average molecular weight is 281 g/mol. The van der Waals surface area contributed by atoms with E-state index in [1.165, 1.54) is 5.56 Å². The zero-order valence-electron chi connectivity index (χ0n) is 10.9. The van der Waals surface area contributed by atoms with E-state index >= 15 is 0 Å². The maximum atomic E-state index is 11.8. The van der Waals surface area contributed by atoms with Gasteiger partial charge in [-0.3, -0.25) is 0 Å². The quantitative estimate of drug-likeness (QED) is 0.859. The Hall–Kier alpha value is -1.42. The summed E-state index contributed by atoms with van der Waals surface area (Å²) in [4.78, 5) is 13.6. The molecule has 1 amide bonds. The van der Waals surface area contributed by atoms with Crippen LogP contribution >= 0.6 is 11.6 Å². The van der Waals surface area contributed by atoms with E-state index in [1.54, 1.807) is 4.90 Å². The highest BCUT2D eigenvalue weighted by Gasteiger charge is 2.38. The molecule has 0 radical (unpaired) electrons. The lowest BCUT2D eigenvalue weighted by atomic mass is 9.89. The molecule has 1 fully saturated rings. The van der Waals surface area contributed by atoms with Crippen LogP contribution in [0.1, 0.15) is 24.8 Å². The van der Waals surface area contributed by atoms with Gasteiger partial charge in [-0.25, -0.2) is 4.79 Å². The lowest BCUT2D eigenvalue weighted by Crippen LogP contribution is -2.45. The Morgan fingerprint density at radius 2 is 2.42 bits per heavy atom. The first-order chi connectivity index (χ1) is 9.19. The number of ether oxygens (including phenoxy) is 1. The van der Waals surface area contributed by atoms with Crippen molar-refractivity contribution < 1.29 is 9.53 Å². The molecule has 0 saturated carbocycles. The Labute approximate surface area is 117 Å². The van der Waals surface area contributed by atoms with Crippen LogP contribution in [0.4, 0.5) is 10.5 Å². The van der Waals surface area contributed by atoms with Crippen molar-refractivity contribution in [3.05, 3.63) is 28.8 Å². The molecular weight excluding hydrogens is 264 g/mol. The zero-order chi connectivity index (χ0) is 13.4. The number of benzene rings is 1. The van der Waals surface area contributed by atoms with Crippen molar-refractivity contribution in [3.63, 3.8) is 0 Å². The fraction of sp³-hybridized carbons (Fsp3) is 0.500. The van der Waals surface area contributed by atoms with Crippen LogP contribution in [0.25, 0.3) is 0 Å². The molecule has 0 spiro atoms. The van der Waals surface area contributed by atoms with Gasteiger partial charge in [0.1, 0.15) is 0 Å². The SMILES string of the molecule is CCOC(=O)N1CC[C@H]2Nc3ccc(Cl)cc3[C@@H]2C1. The number of carbonyl (C=O) groups is 1. The van der Waals surface area contributed by atoms with Crippen LogP contribution in [0.15, 0.2) is 18.2 Å². The third-order valence-corrected chi connectivity index (χ3v) is 4.13. The van der Waals surface area contributed by atoms with Gasteiger partial charge >= 0.3 is 6.09 Å². The Morgan fingerprint density at radius 3 is 3.21 bits per heavy atom. The van der Waals surface area contributed by atoms with Gasteiger partial charge in [0.15, 0.2) is 0 Å². The summed E-state index contributed by atoms with van der Waals surface area (Å²) in [5, 5.41) is 4.26. The lowest BCUT2D eigenvalue weighted by molar-refractivity contribution is 0.0949. The highest BCUT2D eigenvalue weighted by Crippen LogP contribution is 2.41. The first-order valence-electron chi connectivity index (χ1n) is 6.66. The number of hydrogen-bond acceptors (Lipinski definition) is 3. The smallest absolute Gasteiger partial charge is 0.409 e. The summed E-state index contributed by atoms with van der Waals surface area (Å²) in [6, 6.07) is 6.32. The third kappa shape index (κ3) is 2.25. The molecule has 0 aliphatic carbocycles. The lowest BCUT2D eigenvalue weighted by Gasteiger charge is -2.34. The Kier molecular flexibility index (Phi) is 3.27. The number of hydrogen-bond donors (Lipinski definition) is 1. The van der Waals surface area contributed by atoms with Gasteiger partial charge in [0.2, 0.25) is 0 Å². The van der Waals surface area contributed by atoms with Crippen LogP contribution in [-0.4, -0.2) is 36.7 Å². The van der Waals surface area contributed by atoms with Crippen LogP contribution in [0, 0.1) is 0 Å². The number of amides is 1. The molecule has 1 saturated heterocycles. The number of anilines is 1. The van der Waals surface area contributed by atoms with E-state index in [1.807, 2.05) is 25.1 Å². The highest BCUT2D eigenvalue weighted by molar-refractivity contribution is 6.30. The maximum absolute atomic E-state index is 11.8. The first kappa shape index (κ1) is 12.6. The summed E-state index contributed by atoms with van der Waals surface area (Å²) < 4.78 is 5.08. The summed E-state index contributed by atoms with van der Waals surface area (Å²) in [7, 11) is 0. The predicted molar refractivity (Wildman–Crippen MR) is 74.8 cm³/mol. The summed E-state index contributed by atoms with van der Waals surface area (Å²) in [6.07, 6.45) is 0.729. The fourth-order valence-electron chi connectivity index (χ4n) is 2.99. The van der Waals surface area contributed by atoms with Crippen LogP contribution in [-0.2, 0) is 4.74 Å². The van der Waals surface area contributed by atoms with Gasteiger partial charge < -0.3 is 15.0 Å². The van der Waals surface area contributed by atoms with E-state index < -0.39 is 0 Å². The second-order valence-electron chi connectivity index (χ2n) is 5.02. The van der Waals surface area contributed by atoms with E-state index in [4.69, 9.17) is 16.3 Å². The molecule has 2 heterocycles. The minimum absolute atomic E-state index is 0.212. The molecule has 19 heavy (non-hydrogen) atoms. The number of likely N-dealkylation sites (tertiary alicyclic amines) is 1. The van der Waals surface area contributed by atoms with E-state index in [2.05, 4.69) is 5.32 Å². The molecule has 0 unspecified atom stereocenters. The third-order valence-electron chi connectivity index (χ3n) is 3.89. The van der Waals surface area contributed by atoms with E-state index in [0.717, 1.165) is 23.7 Å². The van der Waals surface area contributed by atoms with Crippen LogP contribution in [0.5, 0.6) is 0 Å². The van der Waals surface area contributed by atoms with Gasteiger partial charge in [0, 0.05) is 35.8 Å². The van der Waals surface area contributed by atoms with Gasteiger partial charge in [-0.1, -0.05) is 11.6 Å². The number of piperidine rings is 1. The normalized spacial score (nSPS) is 24.4. The monoisotopic (exact) mass is 280 g/mol. The van der Waals surface area contributed by atoms with Gasteiger partial charge in [0.25, 0.3) is 0 Å². The molecule has 0 bridgehead atoms. The molecule has 0 aromatic heterocycles. The Morgan fingerprint density at radius 1 is 1.58 bits per heavy atom. The number of carbonyl (C=O) groups excluding carboxylic acids is 1. The second-order valence-corrected chi connectivity index (χ2v) is 5.46. The summed E-state index contributed by atoms with van der Waals surface area (Å²) >= 11 is 6.07. The number of nitrogens with zero attached hydrogens (tertiary/aromatic N) is 1. The topological polar surface area (TPSA) is 41.6 Å². The van der Waals surface area contributed by atoms with Gasteiger partial charge in [-0.15, -0.1) is 0 Å². The van der Waals surface area contributed by atoms with E-state index in [9.17, 15) is 4.79 Å². The fourth-order valence-corrected chi connectivity index (χ4v) is 3.17. The summed E-state index contributed by atoms with van der Waals surface area (Å²) in [6.45, 7) is 3.69. The molecule has 102 valence electrons. The van der Waals surface area contributed by atoms with Gasteiger partial charge in [-0.2, -0.15) is 0 Å². The van der Waals surface area contributed by atoms with E-state index in [-0.39, 0.29) is 6.09 Å². The van der Waals surface area contributed by atoms with Crippen molar-refractivity contribution >= 4 is 23.4 Å². The number of rotatable bonds is 1. The van der Waals surface area contributed by atoms with Crippen LogP contribution in [0.3, 0.4) is 0 Å². The Balaban J connectivity index is 1.80. The maximum Gasteiger partial charge on any atom is 0.409 e.